The minimum atomic E-state index is 0.207. The summed E-state index contributed by atoms with van der Waals surface area (Å²) in [5.74, 6) is 1.28. The van der Waals surface area contributed by atoms with Crippen LogP contribution in [0.2, 0.25) is 0 Å². The van der Waals surface area contributed by atoms with E-state index in [2.05, 4.69) is 43.5 Å². The van der Waals surface area contributed by atoms with Gasteiger partial charge >= 0.3 is 0 Å². The summed E-state index contributed by atoms with van der Waals surface area (Å²) in [5.41, 5.74) is 4.07. The van der Waals surface area contributed by atoms with Crippen molar-refractivity contribution in [2.75, 3.05) is 0 Å². The van der Waals surface area contributed by atoms with E-state index in [1.165, 1.54) is 35.3 Å². The molecule has 0 N–H and O–H groups in total. The topological polar surface area (TPSA) is 17.8 Å². The molecule has 0 fully saturated rings. The standard InChI is InChI=1S/C15H20N2/c1-15(2,3)11-7-8-13-12(10-11)16-14-6-4-5-9-17(13)14/h7-8,10H,4-6,9H2,1-3H3. The Balaban J connectivity index is 2.18. The molecule has 17 heavy (non-hydrogen) atoms. The van der Waals surface area contributed by atoms with Gasteiger partial charge in [0.1, 0.15) is 5.82 Å². The first-order chi connectivity index (χ1) is 8.05. The van der Waals surface area contributed by atoms with Crippen molar-refractivity contribution in [3.63, 3.8) is 0 Å². The predicted octanol–water partition coefficient (Wildman–Crippen LogP) is 3.67. The normalized spacial score (nSPS) is 16.2. The molecule has 0 saturated heterocycles. The molecule has 90 valence electrons. The fourth-order valence-corrected chi connectivity index (χ4v) is 2.64. The van der Waals surface area contributed by atoms with E-state index in [-0.39, 0.29) is 5.41 Å². The molecular weight excluding hydrogens is 208 g/mol. The van der Waals surface area contributed by atoms with E-state index in [0.717, 1.165) is 13.0 Å². The van der Waals surface area contributed by atoms with Crippen molar-refractivity contribution in [2.24, 2.45) is 0 Å². The van der Waals surface area contributed by atoms with Crippen molar-refractivity contribution in [1.82, 2.24) is 9.55 Å². The van der Waals surface area contributed by atoms with Crippen LogP contribution in [0.1, 0.15) is 45.0 Å². The maximum Gasteiger partial charge on any atom is 0.109 e. The molecule has 0 aliphatic carbocycles. The quantitative estimate of drug-likeness (QED) is 0.672. The van der Waals surface area contributed by atoms with Gasteiger partial charge in [0.2, 0.25) is 0 Å². The highest BCUT2D eigenvalue weighted by molar-refractivity contribution is 5.77. The van der Waals surface area contributed by atoms with E-state index in [0.29, 0.717) is 0 Å². The number of nitrogens with zero attached hydrogens (tertiary/aromatic N) is 2. The second-order valence-electron chi connectivity index (χ2n) is 6.09. The zero-order valence-corrected chi connectivity index (χ0v) is 11.0. The number of fused-ring (bicyclic) bond motifs is 3. The molecule has 1 aliphatic heterocycles. The van der Waals surface area contributed by atoms with Crippen LogP contribution in [0.5, 0.6) is 0 Å². The number of benzene rings is 1. The van der Waals surface area contributed by atoms with Gasteiger partial charge in [-0.05, 0) is 36.0 Å². The Morgan fingerprint density at radius 3 is 2.76 bits per heavy atom. The summed E-state index contributed by atoms with van der Waals surface area (Å²) in [6.45, 7) is 7.90. The molecule has 0 unspecified atom stereocenters. The van der Waals surface area contributed by atoms with Gasteiger partial charge in [-0.25, -0.2) is 4.98 Å². The Bertz CT molecular complexity index is 558. The van der Waals surface area contributed by atoms with E-state index in [1.54, 1.807) is 0 Å². The van der Waals surface area contributed by atoms with Crippen LogP contribution in [0, 0.1) is 0 Å². The van der Waals surface area contributed by atoms with Crippen LogP contribution in [0.4, 0.5) is 0 Å². The lowest BCUT2D eigenvalue weighted by Gasteiger charge is -2.19. The van der Waals surface area contributed by atoms with Gasteiger partial charge in [-0.3, -0.25) is 0 Å². The first kappa shape index (κ1) is 10.8. The monoisotopic (exact) mass is 228 g/mol. The Hall–Kier alpha value is -1.31. The van der Waals surface area contributed by atoms with Gasteiger partial charge in [0.05, 0.1) is 11.0 Å². The SMILES string of the molecule is CC(C)(C)c1ccc2c(c1)nc1n2CCCC1. The summed E-state index contributed by atoms with van der Waals surface area (Å²) in [6.07, 6.45) is 3.72. The third-order valence-electron chi connectivity index (χ3n) is 3.73. The van der Waals surface area contributed by atoms with E-state index in [4.69, 9.17) is 4.98 Å². The van der Waals surface area contributed by atoms with Crippen molar-refractivity contribution in [2.45, 2.75) is 52.0 Å². The predicted molar refractivity (Wildman–Crippen MR) is 71.4 cm³/mol. The van der Waals surface area contributed by atoms with Crippen molar-refractivity contribution < 1.29 is 0 Å². The van der Waals surface area contributed by atoms with Crippen molar-refractivity contribution >= 4 is 11.0 Å². The van der Waals surface area contributed by atoms with Gasteiger partial charge in [0.15, 0.2) is 0 Å². The minimum Gasteiger partial charge on any atom is -0.328 e. The molecule has 2 heteroatoms. The zero-order chi connectivity index (χ0) is 12.0. The Morgan fingerprint density at radius 1 is 1.18 bits per heavy atom. The van der Waals surface area contributed by atoms with E-state index < -0.39 is 0 Å². The highest BCUT2D eigenvalue weighted by Gasteiger charge is 2.18. The summed E-state index contributed by atoms with van der Waals surface area (Å²) in [5, 5.41) is 0. The van der Waals surface area contributed by atoms with E-state index in [9.17, 15) is 0 Å². The Labute approximate surface area is 103 Å². The summed E-state index contributed by atoms with van der Waals surface area (Å²) in [6, 6.07) is 6.77. The second kappa shape index (κ2) is 3.59. The average molecular weight is 228 g/mol. The maximum absolute atomic E-state index is 4.79. The molecule has 0 bridgehead atoms. The molecule has 2 heterocycles. The first-order valence-electron chi connectivity index (χ1n) is 6.55. The van der Waals surface area contributed by atoms with Crippen molar-refractivity contribution in [3.8, 4) is 0 Å². The molecule has 2 aromatic rings. The Morgan fingerprint density at radius 2 is 2.00 bits per heavy atom. The number of imidazole rings is 1. The van der Waals surface area contributed by atoms with Crippen LogP contribution >= 0.6 is 0 Å². The summed E-state index contributed by atoms with van der Waals surface area (Å²) >= 11 is 0. The molecule has 0 spiro atoms. The molecule has 1 aliphatic rings. The van der Waals surface area contributed by atoms with Crippen molar-refractivity contribution in [1.29, 1.82) is 0 Å². The number of hydrogen-bond donors (Lipinski definition) is 0. The first-order valence-corrected chi connectivity index (χ1v) is 6.55. The number of aromatic nitrogens is 2. The molecule has 0 saturated carbocycles. The summed E-state index contributed by atoms with van der Waals surface area (Å²) in [4.78, 5) is 4.79. The number of hydrogen-bond acceptors (Lipinski definition) is 1. The van der Waals surface area contributed by atoms with Crippen molar-refractivity contribution in [3.05, 3.63) is 29.6 Å². The fraction of sp³-hybridized carbons (Fsp3) is 0.533. The van der Waals surface area contributed by atoms with E-state index >= 15 is 0 Å². The summed E-state index contributed by atoms with van der Waals surface area (Å²) < 4.78 is 2.39. The van der Waals surface area contributed by atoms with Crippen LogP contribution in [0.15, 0.2) is 18.2 Å². The lowest BCUT2D eigenvalue weighted by molar-refractivity contribution is 0.533. The van der Waals surface area contributed by atoms with Gasteiger partial charge in [0, 0.05) is 13.0 Å². The third kappa shape index (κ3) is 1.76. The van der Waals surface area contributed by atoms with Gasteiger partial charge < -0.3 is 4.57 Å². The van der Waals surface area contributed by atoms with Crippen LogP contribution in [0.3, 0.4) is 0 Å². The lowest BCUT2D eigenvalue weighted by atomic mass is 9.87. The molecule has 0 amide bonds. The lowest BCUT2D eigenvalue weighted by Crippen LogP contribution is -2.11. The van der Waals surface area contributed by atoms with Crippen LogP contribution in [-0.2, 0) is 18.4 Å². The summed E-state index contributed by atoms with van der Waals surface area (Å²) in [7, 11) is 0. The fourth-order valence-electron chi connectivity index (χ4n) is 2.64. The Kier molecular flexibility index (Phi) is 2.29. The van der Waals surface area contributed by atoms with Gasteiger partial charge in [-0.15, -0.1) is 0 Å². The molecule has 0 atom stereocenters. The van der Waals surface area contributed by atoms with Gasteiger partial charge in [-0.2, -0.15) is 0 Å². The molecule has 2 nitrogen and oxygen atoms in total. The highest BCUT2D eigenvalue weighted by Crippen LogP contribution is 2.28. The molecule has 1 aromatic carbocycles. The molecule has 0 radical (unpaired) electrons. The van der Waals surface area contributed by atoms with Crippen LogP contribution < -0.4 is 0 Å². The average Bonchev–Trinajstić information content (AvgIpc) is 2.65. The van der Waals surface area contributed by atoms with Gasteiger partial charge in [-0.1, -0.05) is 26.8 Å². The largest absolute Gasteiger partial charge is 0.328 e. The van der Waals surface area contributed by atoms with Crippen LogP contribution in [-0.4, -0.2) is 9.55 Å². The van der Waals surface area contributed by atoms with Gasteiger partial charge in [0.25, 0.3) is 0 Å². The number of rotatable bonds is 0. The second-order valence-corrected chi connectivity index (χ2v) is 6.09. The zero-order valence-electron chi connectivity index (χ0n) is 11.0. The molecule has 1 aromatic heterocycles. The minimum absolute atomic E-state index is 0.207. The van der Waals surface area contributed by atoms with Crippen LogP contribution in [0.25, 0.3) is 11.0 Å². The maximum atomic E-state index is 4.79. The highest BCUT2D eigenvalue weighted by atomic mass is 15.1. The molecular formula is C15H20N2. The number of aryl methyl sites for hydroxylation is 2. The molecule has 3 rings (SSSR count). The van der Waals surface area contributed by atoms with E-state index in [1.807, 2.05) is 0 Å². The smallest absolute Gasteiger partial charge is 0.109 e. The third-order valence-corrected chi connectivity index (χ3v) is 3.73.